The smallest absolute Gasteiger partial charge is 0.171 e. The van der Waals surface area contributed by atoms with E-state index in [9.17, 15) is 0 Å². The van der Waals surface area contributed by atoms with Gasteiger partial charge in [-0.25, -0.2) is 0 Å². The predicted molar refractivity (Wildman–Crippen MR) is 88.2 cm³/mol. The van der Waals surface area contributed by atoms with Crippen molar-refractivity contribution in [3.63, 3.8) is 0 Å². The quantitative estimate of drug-likeness (QED) is 0.789. The van der Waals surface area contributed by atoms with Crippen molar-refractivity contribution < 1.29 is 14.2 Å². The van der Waals surface area contributed by atoms with Crippen molar-refractivity contribution in [2.24, 2.45) is 17.8 Å². The summed E-state index contributed by atoms with van der Waals surface area (Å²) < 4.78 is 17.6. The molecule has 1 saturated carbocycles. The normalized spacial score (nSPS) is 33.8. The summed E-state index contributed by atoms with van der Waals surface area (Å²) in [5, 5.41) is 0. The Bertz CT molecular complexity index is 657. The maximum atomic E-state index is 6.08. The van der Waals surface area contributed by atoms with Gasteiger partial charge in [-0.15, -0.1) is 0 Å². The van der Waals surface area contributed by atoms with Gasteiger partial charge < -0.3 is 14.2 Å². The second kappa shape index (κ2) is 5.09. The molecule has 2 fully saturated rings. The highest BCUT2D eigenvalue weighted by Crippen LogP contribution is 2.57. The molecule has 0 amide bonds. The van der Waals surface area contributed by atoms with Gasteiger partial charge in [-0.1, -0.05) is 12.1 Å². The van der Waals surface area contributed by atoms with E-state index in [1.165, 1.54) is 24.0 Å². The zero-order chi connectivity index (χ0) is 15.4. The summed E-state index contributed by atoms with van der Waals surface area (Å²) in [4.78, 5) is 0. The van der Waals surface area contributed by atoms with E-state index in [2.05, 4.69) is 24.3 Å². The zero-order valence-corrected chi connectivity index (χ0v) is 13.7. The Morgan fingerprint density at radius 1 is 1.17 bits per heavy atom. The molecule has 0 bridgehead atoms. The van der Waals surface area contributed by atoms with Crippen molar-refractivity contribution in [3.05, 3.63) is 35.4 Å². The average Bonchev–Trinajstić information content (AvgIpc) is 3.22. The van der Waals surface area contributed by atoms with E-state index in [1.54, 1.807) is 12.7 Å². The number of aryl methyl sites for hydroxylation is 1. The predicted octanol–water partition coefficient (Wildman–Crippen LogP) is 3.81. The third-order valence-electron chi connectivity index (χ3n) is 6.54. The fourth-order valence-corrected chi connectivity index (χ4v) is 5.56. The summed E-state index contributed by atoms with van der Waals surface area (Å²) in [7, 11) is 1.75. The zero-order valence-electron chi connectivity index (χ0n) is 13.7. The molecule has 23 heavy (non-hydrogen) atoms. The third-order valence-corrected chi connectivity index (χ3v) is 6.54. The number of hydrogen-bond donors (Lipinski definition) is 0. The van der Waals surface area contributed by atoms with Gasteiger partial charge in [-0.05, 0) is 66.4 Å². The Hall–Kier alpha value is -1.32. The number of allylic oxidation sites excluding steroid dienone is 2. The van der Waals surface area contributed by atoms with E-state index in [0.29, 0.717) is 11.8 Å². The summed E-state index contributed by atoms with van der Waals surface area (Å²) in [6, 6.07) is 6.59. The minimum absolute atomic E-state index is 0.257. The lowest BCUT2D eigenvalue weighted by molar-refractivity contribution is -0.187. The van der Waals surface area contributed by atoms with Gasteiger partial charge in [0.05, 0.1) is 20.3 Å². The van der Waals surface area contributed by atoms with Crippen molar-refractivity contribution in [1.82, 2.24) is 0 Å². The van der Waals surface area contributed by atoms with Gasteiger partial charge in [0.15, 0.2) is 5.79 Å². The molecule has 1 saturated heterocycles. The molecule has 0 N–H and O–H groups in total. The first-order valence-electron chi connectivity index (χ1n) is 8.96. The molecule has 0 unspecified atom stereocenters. The van der Waals surface area contributed by atoms with Gasteiger partial charge in [-0.2, -0.15) is 0 Å². The van der Waals surface area contributed by atoms with Gasteiger partial charge in [0.25, 0.3) is 0 Å². The Kier molecular flexibility index (Phi) is 3.11. The fraction of sp³-hybridized carbons (Fsp3) is 0.600. The second-order valence-electron chi connectivity index (χ2n) is 7.38. The first-order valence-corrected chi connectivity index (χ1v) is 8.96. The van der Waals surface area contributed by atoms with E-state index in [0.717, 1.165) is 44.1 Å². The lowest BCUT2D eigenvalue weighted by atomic mass is 9.65. The lowest BCUT2D eigenvalue weighted by Gasteiger charge is -2.41. The average molecular weight is 312 g/mol. The van der Waals surface area contributed by atoms with E-state index < -0.39 is 0 Å². The van der Waals surface area contributed by atoms with Gasteiger partial charge in [0.1, 0.15) is 5.75 Å². The molecular formula is C20H24O3. The standard InChI is InChI=1S/C20H24O3/c1-21-14-3-5-15-13(12-14)2-4-17-16(15)6-7-19-18(17)8-9-20(19)22-10-11-23-20/h3,5-6,12,17-19H,2,4,7-11H2,1H3/t17-,18+,19+/m1/s1. The number of ether oxygens (including phenoxy) is 3. The number of rotatable bonds is 1. The Balaban J connectivity index is 1.51. The molecule has 3 atom stereocenters. The summed E-state index contributed by atoms with van der Waals surface area (Å²) >= 11 is 0. The summed E-state index contributed by atoms with van der Waals surface area (Å²) in [6.07, 6.45) is 8.32. The third kappa shape index (κ3) is 1.96. The van der Waals surface area contributed by atoms with Crippen LogP contribution in [0.3, 0.4) is 0 Å². The first kappa shape index (κ1) is 14.1. The van der Waals surface area contributed by atoms with Crippen molar-refractivity contribution in [2.45, 2.75) is 37.9 Å². The van der Waals surface area contributed by atoms with E-state index in [4.69, 9.17) is 14.2 Å². The van der Waals surface area contributed by atoms with Crippen LogP contribution in [0.15, 0.2) is 24.3 Å². The van der Waals surface area contributed by atoms with Crippen LogP contribution in [0, 0.1) is 17.8 Å². The molecule has 1 aliphatic heterocycles. The van der Waals surface area contributed by atoms with Crippen LogP contribution in [0.4, 0.5) is 0 Å². The highest BCUT2D eigenvalue weighted by molar-refractivity contribution is 5.73. The molecule has 1 aromatic rings. The Morgan fingerprint density at radius 3 is 2.87 bits per heavy atom. The van der Waals surface area contributed by atoms with E-state index >= 15 is 0 Å². The largest absolute Gasteiger partial charge is 0.497 e. The molecule has 3 heteroatoms. The molecule has 122 valence electrons. The van der Waals surface area contributed by atoms with E-state index in [-0.39, 0.29) is 5.79 Å². The molecule has 1 heterocycles. The van der Waals surface area contributed by atoms with Crippen LogP contribution in [-0.4, -0.2) is 26.1 Å². The van der Waals surface area contributed by atoms with Crippen molar-refractivity contribution in [3.8, 4) is 5.75 Å². The van der Waals surface area contributed by atoms with Gasteiger partial charge >= 0.3 is 0 Å². The summed E-state index contributed by atoms with van der Waals surface area (Å²) in [6.45, 7) is 1.54. The Morgan fingerprint density at radius 2 is 2.04 bits per heavy atom. The van der Waals surface area contributed by atoms with Crippen molar-refractivity contribution in [1.29, 1.82) is 0 Å². The molecule has 0 aromatic heterocycles. The maximum absolute atomic E-state index is 6.08. The SMILES string of the molecule is COc1ccc2c(c1)CC[C@@H]1C2=CC[C@H]2[C@H]1CCC21OCCO1. The topological polar surface area (TPSA) is 27.7 Å². The monoisotopic (exact) mass is 312 g/mol. The van der Waals surface area contributed by atoms with Crippen LogP contribution in [0.25, 0.3) is 5.57 Å². The Labute approximate surface area is 137 Å². The van der Waals surface area contributed by atoms with Gasteiger partial charge in [-0.3, -0.25) is 0 Å². The van der Waals surface area contributed by atoms with Crippen LogP contribution in [0.1, 0.15) is 36.8 Å². The fourth-order valence-electron chi connectivity index (χ4n) is 5.56. The number of methoxy groups -OCH3 is 1. The summed E-state index contributed by atoms with van der Waals surface area (Å²) in [5.74, 6) is 2.68. The molecule has 1 spiro atoms. The van der Waals surface area contributed by atoms with Gasteiger partial charge in [0, 0.05) is 12.3 Å². The minimum Gasteiger partial charge on any atom is -0.497 e. The van der Waals surface area contributed by atoms with Gasteiger partial charge in [0.2, 0.25) is 0 Å². The van der Waals surface area contributed by atoms with Crippen molar-refractivity contribution >= 4 is 5.57 Å². The molecule has 0 radical (unpaired) electrons. The van der Waals surface area contributed by atoms with Crippen LogP contribution in [0.5, 0.6) is 5.75 Å². The second-order valence-corrected chi connectivity index (χ2v) is 7.38. The first-order chi connectivity index (χ1) is 11.3. The molecule has 3 nitrogen and oxygen atoms in total. The number of benzene rings is 1. The minimum atomic E-state index is -0.257. The number of fused-ring (bicyclic) bond motifs is 6. The molecule has 5 rings (SSSR count). The van der Waals surface area contributed by atoms with E-state index in [1.807, 2.05) is 0 Å². The highest BCUT2D eigenvalue weighted by atomic mass is 16.7. The maximum Gasteiger partial charge on any atom is 0.171 e. The highest BCUT2D eigenvalue weighted by Gasteiger charge is 2.56. The van der Waals surface area contributed by atoms with Crippen LogP contribution in [0.2, 0.25) is 0 Å². The molecule has 4 aliphatic rings. The molecule has 3 aliphatic carbocycles. The van der Waals surface area contributed by atoms with Crippen LogP contribution < -0.4 is 4.74 Å². The van der Waals surface area contributed by atoms with Crippen LogP contribution >= 0.6 is 0 Å². The lowest BCUT2D eigenvalue weighted by Crippen LogP contribution is -2.40. The van der Waals surface area contributed by atoms with Crippen molar-refractivity contribution in [2.75, 3.05) is 20.3 Å². The number of hydrogen-bond acceptors (Lipinski definition) is 3. The molecular weight excluding hydrogens is 288 g/mol. The summed E-state index contributed by atoms with van der Waals surface area (Å²) in [5.41, 5.74) is 4.48. The van der Waals surface area contributed by atoms with Crippen LogP contribution in [-0.2, 0) is 15.9 Å². The molecule has 1 aromatic carbocycles.